The molecule has 0 spiro atoms. The molecule has 4 aromatic rings. The number of nitrogens with zero attached hydrogens (tertiary/aromatic N) is 3. The van der Waals surface area contributed by atoms with Crippen molar-refractivity contribution in [1.82, 2.24) is 14.4 Å². The molecule has 6 heteroatoms. The van der Waals surface area contributed by atoms with Crippen molar-refractivity contribution in [2.24, 2.45) is 5.73 Å². The highest BCUT2D eigenvalue weighted by Crippen LogP contribution is 2.34. The Balaban J connectivity index is 1.97. The highest BCUT2D eigenvalue weighted by atomic mass is 35.5. The van der Waals surface area contributed by atoms with Gasteiger partial charge in [0.1, 0.15) is 5.65 Å². The van der Waals surface area contributed by atoms with Crippen LogP contribution in [0.4, 0.5) is 0 Å². The monoisotopic (exact) mass is 368 g/mol. The molecule has 1 aromatic carbocycles. The summed E-state index contributed by atoms with van der Waals surface area (Å²) in [5, 5.41) is 1.19. The average molecular weight is 369 g/mol. The maximum Gasteiger partial charge on any atom is 0.137 e. The fourth-order valence-corrected chi connectivity index (χ4v) is 3.43. The second-order valence-electron chi connectivity index (χ2n) is 5.65. The number of hydrogen-bond acceptors (Lipinski definition) is 3. The van der Waals surface area contributed by atoms with E-state index >= 15 is 0 Å². The summed E-state index contributed by atoms with van der Waals surface area (Å²) < 4.78 is 2.04. The van der Waals surface area contributed by atoms with Crippen molar-refractivity contribution in [3.05, 3.63) is 76.8 Å². The van der Waals surface area contributed by atoms with E-state index in [4.69, 9.17) is 28.9 Å². The molecule has 0 radical (unpaired) electrons. The largest absolute Gasteiger partial charge is 0.326 e. The van der Waals surface area contributed by atoms with Gasteiger partial charge in [-0.1, -0.05) is 29.3 Å². The van der Waals surface area contributed by atoms with E-state index in [0.717, 1.165) is 33.6 Å². The van der Waals surface area contributed by atoms with Crippen LogP contribution in [0.3, 0.4) is 0 Å². The second-order valence-corrected chi connectivity index (χ2v) is 6.49. The van der Waals surface area contributed by atoms with Gasteiger partial charge in [-0.2, -0.15) is 0 Å². The third-order valence-electron chi connectivity index (χ3n) is 4.15. The van der Waals surface area contributed by atoms with E-state index in [2.05, 4.69) is 9.97 Å². The zero-order valence-corrected chi connectivity index (χ0v) is 14.7. The second kappa shape index (κ2) is 6.48. The molecule has 3 aromatic heterocycles. The Morgan fingerprint density at radius 1 is 1.00 bits per heavy atom. The molecule has 25 heavy (non-hydrogen) atoms. The first kappa shape index (κ1) is 16.1. The minimum Gasteiger partial charge on any atom is -0.326 e. The molecule has 0 unspecified atom stereocenters. The first-order chi connectivity index (χ1) is 12.2. The van der Waals surface area contributed by atoms with Crippen molar-refractivity contribution in [2.75, 3.05) is 0 Å². The number of rotatable bonds is 3. The van der Waals surface area contributed by atoms with Gasteiger partial charge >= 0.3 is 0 Å². The van der Waals surface area contributed by atoms with E-state index in [1.165, 1.54) is 0 Å². The molecule has 0 aliphatic rings. The van der Waals surface area contributed by atoms with Gasteiger partial charge in [-0.05, 0) is 35.9 Å². The maximum absolute atomic E-state index is 6.42. The van der Waals surface area contributed by atoms with Crippen LogP contribution in [-0.4, -0.2) is 14.4 Å². The molecule has 2 N–H and O–H groups in total. The number of aromatic nitrogens is 3. The minimum absolute atomic E-state index is 0.391. The van der Waals surface area contributed by atoms with Crippen molar-refractivity contribution < 1.29 is 0 Å². The van der Waals surface area contributed by atoms with Crippen LogP contribution in [0.25, 0.3) is 28.0 Å². The highest BCUT2D eigenvalue weighted by Gasteiger charge is 2.13. The topological polar surface area (TPSA) is 56.2 Å². The zero-order valence-electron chi connectivity index (χ0n) is 13.2. The van der Waals surface area contributed by atoms with Crippen molar-refractivity contribution in [1.29, 1.82) is 0 Å². The Morgan fingerprint density at radius 2 is 1.80 bits per heavy atom. The lowest BCUT2D eigenvalue weighted by atomic mass is 10.0. The normalized spacial score (nSPS) is 11.2. The zero-order chi connectivity index (χ0) is 17.4. The summed E-state index contributed by atoms with van der Waals surface area (Å²) in [4.78, 5) is 8.58. The number of benzene rings is 1. The molecule has 0 aliphatic carbocycles. The first-order valence-electron chi connectivity index (χ1n) is 7.73. The highest BCUT2D eigenvalue weighted by molar-refractivity contribution is 6.36. The third kappa shape index (κ3) is 2.89. The van der Waals surface area contributed by atoms with Crippen LogP contribution in [0.1, 0.15) is 5.56 Å². The van der Waals surface area contributed by atoms with Gasteiger partial charge in [0.15, 0.2) is 0 Å². The van der Waals surface area contributed by atoms with Crippen molar-refractivity contribution >= 4 is 28.8 Å². The van der Waals surface area contributed by atoms with Gasteiger partial charge < -0.3 is 5.73 Å². The fraction of sp³-hybridized carbons (Fsp3) is 0.0526. The van der Waals surface area contributed by atoms with Gasteiger partial charge in [0, 0.05) is 51.9 Å². The Hall–Kier alpha value is -2.40. The van der Waals surface area contributed by atoms with Crippen LogP contribution in [0.5, 0.6) is 0 Å². The van der Waals surface area contributed by atoms with Gasteiger partial charge in [-0.3, -0.25) is 9.38 Å². The number of fused-ring (bicyclic) bond motifs is 1. The summed E-state index contributed by atoms with van der Waals surface area (Å²) in [5.74, 6) is 0. The van der Waals surface area contributed by atoms with E-state index in [-0.39, 0.29) is 0 Å². The van der Waals surface area contributed by atoms with Crippen molar-refractivity contribution in [3.63, 3.8) is 0 Å². The van der Waals surface area contributed by atoms with Crippen LogP contribution in [0.2, 0.25) is 10.0 Å². The molecule has 0 saturated carbocycles. The molecule has 0 bridgehead atoms. The van der Waals surface area contributed by atoms with Crippen LogP contribution in [-0.2, 0) is 6.54 Å². The van der Waals surface area contributed by atoms with Crippen molar-refractivity contribution in [2.45, 2.75) is 6.54 Å². The lowest BCUT2D eigenvalue weighted by Gasteiger charge is -2.12. The number of pyridine rings is 2. The van der Waals surface area contributed by atoms with E-state index in [0.29, 0.717) is 16.6 Å². The Kier molecular flexibility index (Phi) is 4.17. The quantitative estimate of drug-likeness (QED) is 0.563. The fourth-order valence-electron chi connectivity index (χ4n) is 2.92. The molecule has 4 nitrogen and oxygen atoms in total. The first-order valence-corrected chi connectivity index (χ1v) is 8.49. The smallest absolute Gasteiger partial charge is 0.137 e. The number of nitrogens with two attached hydrogens (primary N) is 1. The summed E-state index contributed by atoms with van der Waals surface area (Å²) >= 11 is 12.4. The molecule has 124 valence electrons. The summed E-state index contributed by atoms with van der Waals surface area (Å²) in [7, 11) is 0. The SMILES string of the molecule is NCc1cc2ncc(-c3ccncc3)n2cc1-c1ccc(Cl)cc1Cl. The lowest BCUT2D eigenvalue weighted by Crippen LogP contribution is -2.02. The Bertz CT molecular complexity index is 1060. The van der Waals surface area contributed by atoms with Crippen molar-refractivity contribution in [3.8, 4) is 22.4 Å². The van der Waals surface area contributed by atoms with Crippen LogP contribution < -0.4 is 5.73 Å². The lowest BCUT2D eigenvalue weighted by molar-refractivity contribution is 1.05. The summed E-state index contributed by atoms with van der Waals surface area (Å²) in [6.45, 7) is 0.391. The third-order valence-corrected chi connectivity index (χ3v) is 4.70. The van der Waals surface area contributed by atoms with Gasteiger partial charge in [0.25, 0.3) is 0 Å². The predicted octanol–water partition coefficient (Wildman–Crippen LogP) is 4.83. The van der Waals surface area contributed by atoms with E-state index in [1.54, 1.807) is 18.5 Å². The Morgan fingerprint density at radius 3 is 2.52 bits per heavy atom. The summed E-state index contributed by atoms with van der Waals surface area (Å²) in [6, 6.07) is 11.4. The standard InChI is InChI=1S/C19H14Cl2N4/c20-14-1-2-15(17(21)8-14)16-11-25-18(12-3-5-23-6-4-12)10-24-19(25)7-13(16)9-22/h1-8,10-11H,9,22H2. The molecule has 3 heterocycles. The molecule has 0 aliphatic heterocycles. The van der Waals surface area contributed by atoms with Gasteiger partial charge in [-0.25, -0.2) is 4.98 Å². The number of hydrogen-bond donors (Lipinski definition) is 1. The minimum atomic E-state index is 0.391. The predicted molar refractivity (Wildman–Crippen MR) is 102 cm³/mol. The van der Waals surface area contributed by atoms with Crippen LogP contribution >= 0.6 is 23.2 Å². The number of imidazole rings is 1. The maximum atomic E-state index is 6.42. The average Bonchev–Trinajstić information content (AvgIpc) is 3.04. The molecule has 0 amide bonds. The van der Waals surface area contributed by atoms with E-state index in [9.17, 15) is 0 Å². The van der Waals surface area contributed by atoms with E-state index in [1.807, 2.05) is 47.1 Å². The van der Waals surface area contributed by atoms with E-state index < -0.39 is 0 Å². The molecule has 0 saturated heterocycles. The summed E-state index contributed by atoms with van der Waals surface area (Å²) in [6.07, 6.45) is 7.40. The molecular formula is C19H14Cl2N4. The molecule has 4 rings (SSSR count). The number of halogens is 2. The molecule has 0 atom stereocenters. The van der Waals surface area contributed by atoms with Gasteiger partial charge in [0.2, 0.25) is 0 Å². The Labute approximate surface area is 154 Å². The van der Waals surface area contributed by atoms with Gasteiger partial charge in [-0.15, -0.1) is 0 Å². The molecule has 0 fully saturated rings. The van der Waals surface area contributed by atoms with Gasteiger partial charge in [0.05, 0.1) is 11.9 Å². The summed E-state index contributed by atoms with van der Waals surface area (Å²) in [5.41, 5.74) is 11.6. The molecular weight excluding hydrogens is 355 g/mol. The van der Waals surface area contributed by atoms with Crippen LogP contribution in [0.15, 0.2) is 61.2 Å². The van der Waals surface area contributed by atoms with Crippen LogP contribution in [0, 0.1) is 0 Å².